The molecule has 0 unspecified atom stereocenters. The number of carbonyl (C=O) groups is 1. The van der Waals surface area contributed by atoms with Crippen LogP contribution in [0.4, 0.5) is 11.4 Å². The third-order valence-corrected chi connectivity index (χ3v) is 3.20. The van der Waals surface area contributed by atoms with Crippen molar-refractivity contribution >= 4 is 17.3 Å². The molecule has 0 saturated carbocycles. The molecule has 108 valence electrons. The van der Waals surface area contributed by atoms with Gasteiger partial charge in [-0.1, -0.05) is 13.8 Å². The Bertz CT molecular complexity index is 640. The molecule has 0 aliphatic heterocycles. The van der Waals surface area contributed by atoms with Crippen molar-refractivity contribution < 1.29 is 4.79 Å². The molecule has 0 bridgehead atoms. The second-order valence-electron chi connectivity index (χ2n) is 4.66. The second-order valence-corrected chi connectivity index (χ2v) is 4.66. The first kappa shape index (κ1) is 14.1. The van der Waals surface area contributed by atoms with Gasteiger partial charge in [-0.05, 0) is 12.8 Å². The van der Waals surface area contributed by atoms with E-state index in [0.717, 1.165) is 17.8 Å². The van der Waals surface area contributed by atoms with Crippen LogP contribution in [-0.2, 0) is 26.9 Å². The summed E-state index contributed by atoms with van der Waals surface area (Å²) in [5.74, 6) is -0.264. The van der Waals surface area contributed by atoms with Crippen molar-refractivity contribution in [2.75, 3.05) is 11.1 Å². The fraction of sp³-hybridized carbons (Fsp3) is 0.462. The first-order valence-corrected chi connectivity index (χ1v) is 6.63. The summed E-state index contributed by atoms with van der Waals surface area (Å²) in [4.78, 5) is 12.4. The number of hydrogen-bond donors (Lipinski definition) is 2. The maximum absolute atomic E-state index is 12.4. The molecule has 20 heavy (non-hydrogen) atoms. The van der Waals surface area contributed by atoms with Gasteiger partial charge in [-0.2, -0.15) is 10.2 Å². The Labute approximate surface area is 117 Å². The fourth-order valence-electron chi connectivity index (χ4n) is 2.21. The largest absolute Gasteiger partial charge is 0.395 e. The molecule has 2 rings (SSSR count). The number of anilines is 2. The van der Waals surface area contributed by atoms with Crippen LogP contribution in [-0.4, -0.2) is 25.5 Å². The van der Waals surface area contributed by atoms with E-state index in [1.54, 1.807) is 17.9 Å². The van der Waals surface area contributed by atoms with Crippen LogP contribution in [0, 0.1) is 0 Å². The average Bonchev–Trinajstić information content (AvgIpc) is 2.89. The summed E-state index contributed by atoms with van der Waals surface area (Å²) in [5.41, 5.74) is 9.09. The predicted molar refractivity (Wildman–Crippen MR) is 77.5 cm³/mol. The number of nitrogens with two attached hydrogens (primary N) is 1. The molecule has 0 saturated heterocycles. The number of nitrogen functional groups attached to an aromatic ring is 1. The molecule has 7 heteroatoms. The van der Waals surface area contributed by atoms with Crippen molar-refractivity contribution in [1.29, 1.82) is 0 Å². The van der Waals surface area contributed by atoms with Crippen LogP contribution >= 0.6 is 0 Å². The molecule has 2 aromatic rings. The minimum atomic E-state index is -0.264. The van der Waals surface area contributed by atoms with Crippen molar-refractivity contribution in [3.8, 4) is 0 Å². The van der Waals surface area contributed by atoms with Gasteiger partial charge in [0.05, 0.1) is 22.8 Å². The molecular weight excluding hydrogens is 256 g/mol. The van der Waals surface area contributed by atoms with Gasteiger partial charge in [-0.15, -0.1) is 0 Å². The van der Waals surface area contributed by atoms with Gasteiger partial charge in [-0.25, -0.2) is 0 Å². The quantitative estimate of drug-likeness (QED) is 0.875. The molecular formula is C13H20N6O. The number of nitrogens with zero attached hydrogens (tertiary/aromatic N) is 4. The van der Waals surface area contributed by atoms with E-state index in [9.17, 15) is 4.79 Å². The highest BCUT2D eigenvalue weighted by Gasteiger charge is 2.20. The fourth-order valence-corrected chi connectivity index (χ4v) is 2.21. The summed E-state index contributed by atoms with van der Waals surface area (Å²) in [6.45, 7) is 3.95. The highest BCUT2D eigenvalue weighted by molar-refractivity contribution is 6.07. The Morgan fingerprint density at radius 1 is 1.25 bits per heavy atom. The molecule has 2 heterocycles. The van der Waals surface area contributed by atoms with Crippen LogP contribution < -0.4 is 11.1 Å². The van der Waals surface area contributed by atoms with E-state index in [2.05, 4.69) is 15.5 Å². The number of rotatable bonds is 4. The van der Waals surface area contributed by atoms with Gasteiger partial charge < -0.3 is 11.1 Å². The van der Waals surface area contributed by atoms with Crippen LogP contribution in [0.15, 0.2) is 6.20 Å². The molecule has 3 N–H and O–H groups in total. The van der Waals surface area contributed by atoms with Gasteiger partial charge >= 0.3 is 0 Å². The minimum absolute atomic E-state index is 0.264. The molecule has 0 aliphatic rings. The van der Waals surface area contributed by atoms with Gasteiger partial charge in [0.1, 0.15) is 5.69 Å². The van der Waals surface area contributed by atoms with E-state index in [1.807, 2.05) is 20.9 Å². The summed E-state index contributed by atoms with van der Waals surface area (Å²) >= 11 is 0. The lowest BCUT2D eigenvalue weighted by atomic mass is 10.2. The zero-order valence-corrected chi connectivity index (χ0v) is 12.3. The van der Waals surface area contributed by atoms with Gasteiger partial charge in [0.25, 0.3) is 5.91 Å². The second kappa shape index (κ2) is 5.36. The van der Waals surface area contributed by atoms with E-state index < -0.39 is 0 Å². The minimum Gasteiger partial charge on any atom is -0.395 e. The van der Waals surface area contributed by atoms with Crippen molar-refractivity contribution in [1.82, 2.24) is 19.6 Å². The highest BCUT2D eigenvalue weighted by atomic mass is 16.2. The molecule has 0 spiro atoms. The zero-order chi connectivity index (χ0) is 14.9. The third kappa shape index (κ3) is 2.38. The third-order valence-electron chi connectivity index (χ3n) is 3.20. The number of hydrogen-bond acceptors (Lipinski definition) is 4. The topological polar surface area (TPSA) is 90.8 Å². The Morgan fingerprint density at radius 3 is 2.45 bits per heavy atom. The first-order valence-electron chi connectivity index (χ1n) is 6.63. The summed E-state index contributed by atoms with van der Waals surface area (Å²) in [6, 6.07) is 0. The molecule has 1 amide bonds. The first-order chi connectivity index (χ1) is 9.47. The van der Waals surface area contributed by atoms with Gasteiger partial charge in [0.15, 0.2) is 0 Å². The van der Waals surface area contributed by atoms with Crippen LogP contribution in [0.5, 0.6) is 0 Å². The standard InChI is InChI=1S/C13H20N6O/c1-5-8-10(7-18(3)16-8)15-13(20)12-11(14)9(6-2)17-19(12)4/h7H,5-6,14H2,1-4H3,(H,15,20). The van der Waals surface area contributed by atoms with Gasteiger partial charge in [-0.3, -0.25) is 14.2 Å². The molecule has 0 fully saturated rings. The summed E-state index contributed by atoms with van der Waals surface area (Å²) in [7, 11) is 3.54. The number of amides is 1. The normalized spacial score (nSPS) is 10.8. The Hall–Kier alpha value is -2.31. The van der Waals surface area contributed by atoms with Crippen molar-refractivity contribution in [2.24, 2.45) is 14.1 Å². The summed E-state index contributed by atoms with van der Waals surface area (Å²) < 4.78 is 3.20. The summed E-state index contributed by atoms with van der Waals surface area (Å²) in [5, 5.41) is 11.4. The SMILES string of the molecule is CCc1nn(C)cc1NC(=O)c1c(N)c(CC)nn1C. The average molecular weight is 276 g/mol. The maximum Gasteiger partial charge on any atom is 0.276 e. The monoisotopic (exact) mass is 276 g/mol. The van der Waals surface area contributed by atoms with E-state index in [1.165, 1.54) is 4.68 Å². The molecule has 7 nitrogen and oxygen atoms in total. The van der Waals surface area contributed by atoms with Crippen LogP contribution in [0.1, 0.15) is 35.7 Å². The zero-order valence-electron chi connectivity index (χ0n) is 12.3. The number of carbonyl (C=O) groups excluding carboxylic acids is 1. The van der Waals surface area contributed by atoms with E-state index in [4.69, 9.17) is 5.73 Å². The lowest BCUT2D eigenvalue weighted by Crippen LogP contribution is -2.18. The van der Waals surface area contributed by atoms with Crippen molar-refractivity contribution in [3.63, 3.8) is 0 Å². The molecule has 0 aromatic carbocycles. The number of aromatic nitrogens is 4. The smallest absolute Gasteiger partial charge is 0.276 e. The van der Waals surface area contributed by atoms with E-state index >= 15 is 0 Å². The van der Waals surface area contributed by atoms with Crippen molar-refractivity contribution in [2.45, 2.75) is 26.7 Å². The Morgan fingerprint density at radius 2 is 1.90 bits per heavy atom. The van der Waals surface area contributed by atoms with Gasteiger partial charge in [0.2, 0.25) is 0 Å². The lowest BCUT2D eigenvalue weighted by molar-refractivity contribution is 0.101. The molecule has 0 atom stereocenters. The lowest BCUT2D eigenvalue weighted by Gasteiger charge is -2.05. The molecule has 2 aromatic heterocycles. The van der Waals surface area contributed by atoms with Crippen LogP contribution in [0.3, 0.4) is 0 Å². The maximum atomic E-state index is 12.4. The molecule has 0 radical (unpaired) electrons. The van der Waals surface area contributed by atoms with Gasteiger partial charge in [0, 0.05) is 20.3 Å². The highest BCUT2D eigenvalue weighted by Crippen LogP contribution is 2.20. The number of nitrogens with one attached hydrogen (secondary N) is 1. The van der Waals surface area contributed by atoms with Crippen molar-refractivity contribution in [3.05, 3.63) is 23.3 Å². The van der Waals surface area contributed by atoms with Crippen LogP contribution in [0.25, 0.3) is 0 Å². The number of aryl methyl sites for hydroxylation is 4. The Kier molecular flexibility index (Phi) is 3.78. The van der Waals surface area contributed by atoms with E-state index in [0.29, 0.717) is 23.5 Å². The summed E-state index contributed by atoms with van der Waals surface area (Å²) in [6.07, 6.45) is 3.22. The van der Waals surface area contributed by atoms with E-state index in [-0.39, 0.29) is 5.91 Å². The predicted octanol–water partition coefficient (Wildman–Crippen LogP) is 1.11. The molecule has 0 aliphatic carbocycles. The Balaban J connectivity index is 2.30. The van der Waals surface area contributed by atoms with Crippen LogP contribution in [0.2, 0.25) is 0 Å².